The molecule has 8 nitrogen and oxygen atoms in total. The smallest absolute Gasteiger partial charge is 0.320 e. The number of rotatable bonds is 6. The maximum Gasteiger partial charge on any atom is 0.320 e. The number of benzene rings is 1. The van der Waals surface area contributed by atoms with Gasteiger partial charge in [-0.1, -0.05) is 6.07 Å². The lowest BCUT2D eigenvalue weighted by atomic mass is 9.98. The Bertz CT molecular complexity index is 839. The van der Waals surface area contributed by atoms with Gasteiger partial charge in [0.1, 0.15) is 5.60 Å². The van der Waals surface area contributed by atoms with E-state index >= 15 is 0 Å². The Morgan fingerprint density at radius 3 is 2.50 bits per heavy atom. The molecule has 8 heteroatoms. The molecule has 2 fully saturated rings. The lowest BCUT2D eigenvalue weighted by molar-refractivity contribution is -0.156. The average molecular weight is 445 g/mol. The van der Waals surface area contributed by atoms with Gasteiger partial charge in [-0.2, -0.15) is 0 Å². The molecule has 0 saturated carbocycles. The summed E-state index contributed by atoms with van der Waals surface area (Å²) in [7, 11) is 0. The largest absolute Gasteiger partial charge is 0.459 e. The van der Waals surface area contributed by atoms with Crippen molar-refractivity contribution < 1.29 is 19.1 Å². The Labute approximate surface area is 190 Å². The van der Waals surface area contributed by atoms with Crippen molar-refractivity contribution in [2.75, 3.05) is 36.4 Å². The van der Waals surface area contributed by atoms with E-state index in [1.807, 2.05) is 32.9 Å². The number of piperidine rings is 1. The molecule has 2 N–H and O–H groups in total. The Balaban J connectivity index is 1.59. The minimum absolute atomic E-state index is 0.190. The van der Waals surface area contributed by atoms with E-state index in [4.69, 9.17) is 4.74 Å². The number of imide groups is 1. The number of ether oxygens (including phenoxy) is 1. The first kappa shape index (κ1) is 24.0. The topological polar surface area (TPSA) is 91.0 Å². The van der Waals surface area contributed by atoms with E-state index in [1.54, 1.807) is 0 Å². The van der Waals surface area contributed by atoms with E-state index < -0.39 is 5.60 Å². The summed E-state index contributed by atoms with van der Waals surface area (Å²) in [5, 5.41) is 5.76. The van der Waals surface area contributed by atoms with Crippen LogP contribution < -0.4 is 15.5 Å². The molecule has 2 aliphatic heterocycles. The molecule has 2 saturated heterocycles. The molecule has 32 heavy (non-hydrogen) atoms. The Kier molecular flexibility index (Phi) is 7.44. The van der Waals surface area contributed by atoms with Gasteiger partial charge in [-0.25, -0.2) is 0 Å². The fourth-order valence-corrected chi connectivity index (χ4v) is 4.58. The van der Waals surface area contributed by atoms with Crippen molar-refractivity contribution in [2.45, 2.75) is 65.1 Å². The second-order valence-corrected chi connectivity index (χ2v) is 9.97. The molecule has 2 amide bonds. The monoisotopic (exact) mass is 444 g/mol. The van der Waals surface area contributed by atoms with Crippen LogP contribution >= 0.6 is 0 Å². The van der Waals surface area contributed by atoms with Crippen molar-refractivity contribution >= 4 is 29.2 Å². The molecule has 0 spiro atoms. The molecule has 0 unspecified atom stereocenters. The van der Waals surface area contributed by atoms with E-state index in [0.29, 0.717) is 25.9 Å². The number of carbonyl (C=O) groups is 3. The van der Waals surface area contributed by atoms with Crippen LogP contribution in [0.1, 0.15) is 47.5 Å². The minimum atomic E-state index is -0.475. The van der Waals surface area contributed by atoms with Gasteiger partial charge < -0.3 is 15.0 Å². The Hall–Kier alpha value is -2.61. The third-order valence-electron chi connectivity index (χ3n) is 5.82. The zero-order chi connectivity index (χ0) is 23.5. The maximum atomic E-state index is 12.2. The van der Waals surface area contributed by atoms with Crippen LogP contribution in [0.2, 0.25) is 0 Å². The normalized spacial score (nSPS) is 24.8. The molecule has 2 aliphatic rings. The van der Waals surface area contributed by atoms with E-state index in [0.717, 1.165) is 24.5 Å². The summed E-state index contributed by atoms with van der Waals surface area (Å²) in [6, 6.07) is 8.65. The molecule has 0 bridgehead atoms. The molecular formula is C24H36N4O4. The molecule has 1 aromatic rings. The number of anilines is 2. The third-order valence-corrected chi connectivity index (χ3v) is 5.82. The van der Waals surface area contributed by atoms with Crippen molar-refractivity contribution in [3.8, 4) is 0 Å². The van der Waals surface area contributed by atoms with Crippen LogP contribution in [0.25, 0.3) is 0 Å². The first-order valence-electron chi connectivity index (χ1n) is 11.4. The lowest BCUT2D eigenvalue weighted by Gasteiger charge is -2.45. The Morgan fingerprint density at radius 1 is 1.19 bits per heavy atom. The van der Waals surface area contributed by atoms with Crippen LogP contribution in [-0.4, -0.2) is 66.5 Å². The molecule has 2 heterocycles. The van der Waals surface area contributed by atoms with E-state index in [9.17, 15) is 14.4 Å². The highest BCUT2D eigenvalue weighted by atomic mass is 16.6. The van der Waals surface area contributed by atoms with Crippen LogP contribution in [0.5, 0.6) is 0 Å². The summed E-state index contributed by atoms with van der Waals surface area (Å²) in [5.41, 5.74) is 1.58. The van der Waals surface area contributed by atoms with Crippen LogP contribution in [0.4, 0.5) is 11.4 Å². The second-order valence-electron chi connectivity index (χ2n) is 9.97. The summed E-state index contributed by atoms with van der Waals surface area (Å²) in [6.45, 7) is 12.3. The van der Waals surface area contributed by atoms with Gasteiger partial charge in [0, 0.05) is 49.5 Å². The average Bonchev–Trinajstić information content (AvgIpc) is 2.65. The number of hydrogen-bond donors (Lipinski definition) is 2. The van der Waals surface area contributed by atoms with Gasteiger partial charge in [0.05, 0.1) is 12.5 Å². The first-order valence-corrected chi connectivity index (χ1v) is 11.4. The van der Waals surface area contributed by atoms with Crippen molar-refractivity contribution in [3.05, 3.63) is 24.3 Å². The highest BCUT2D eigenvalue weighted by molar-refractivity contribution is 5.98. The first-order chi connectivity index (χ1) is 15.0. The van der Waals surface area contributed by atoms with Gasteiger partial charge in [0.25, 0.3) is 0 Å². The third kappa shape index (κ3) is 6.45. The molecular weight excluding hydrogens is 408 g/mol. The molecule has 3 rings (SSSR count). The Morgan fingerprint density at radius 2 is 1.88 bits per heavy atom. The molecule has 1 aromatic carbocycles. The lowest BCUT2D eigenvalue weighted by Crippen LogP contribution is -2.58. The van der Waals surface area contributed by atoms with Crippen LogP contribution in [0.15, 0.2) is 24.3 Å². The van der Waals surface area contributed by atoms with Crippen molar-refractivity contribution in [1.29, 1.82) is 0 Å². The fourth-order valence-electron chi connectivity index (χ4n) is 4.58. The van der Waals surface area contributed by atoms with Gasteiger partial charge in [-0.3, -0.25) is 24.6 Å². The van der Waals surface area contributed by atoms with Gasteiger partial charge in [0.2, 0.25) is 11.8 Å². The summed E-state index contributed by atoms with van der Waals surface area (Å²) >= 11 is 0. The number of hydrogen-bond acceptors (Lipinski definition) is 7. The fraction of sp³-hybridized carbons (Fsp3) is 0.625. The van der Waals surface area contributed by atoms with Crippen LogP contribution in [-0.2, 0) is 19.1 Å². The number of piperazine rings is 1. The van der Waals surface area contributed by atoms with Crippen LogP contribution in [0, 0.1) is 5.92 Å². The summed E-state index contributed by atoms with van der Waals surface area (Å²) < 4.78 is 5.48. The van der Waals surface area contributed by atoms with Crippen LogP contribution in [0.3, 0.4) is 0 Å². The number of nitrogens with zero attached hydrogens (tertiary/aromatic N) is 2. The SMILES string of the molecule is C[C@@H]1CN(CC(=O)OC(C)(C)C)C[C@H](C)N1c1cccc(NC[C@@H]2CCC(=O)NC2=O)c1. The minimum Gasteiger partial charge on any atom is -0.459 e. The van der Waals surface area contributed by atoms with Crippen molar-refractivity contribution in [1.82, 2.24) is 10.2 Å². The van der Waals surface area contributed by atoms with Gasteiger partial charge >= 0.3 is 5.97 Å². The number of amides is 2. The predicted octanol–water partition coefficient (Wildman–Crippen LogP) is 2.39. The second kappa shape index (κ2) is 9.90. The van der Waals surface area contributed by atoms with E-state index in [-0.39, 0.29) is 35.8 Å². The van der Waals surface area contributed by atoms with Crippen molar-refractivity contribution in [2.24, 2.45) is 5.92 Å². The summed E-state index contributed by atoms with van der Waals surface area (Å²) in [4.78, 5) is 40.1. The molecule has 176 valence electrons. The molecule has 3 atom stereocenters. The van der Waals surface area contributed by atoms with E-state index in [2.05, 4.69) is 46.4 Å². The van der Waals surface area contributed by atoms with Gasteiger partial charge in [-0.15, -0.1) is 0 Å². The summed E-state index contributed by atoms with van der Waals surface area (Å²) in [5.74, 6) is -0.786. The molecule has 0 radical (unpaired) electrons. The van der Waals surface area contributed by atoms with Crippen molar-refractivity contribution in [3.63, 3.8) is 0 Å². The highest BCUT2D eigenvalue weighted by Crippen LogP contribution is 2.27. The number of nitrogens with one attached hydrogen (secondary N) is 2. The summed E-state index contributed by atoms with van der Waals surface area (Å²) in [6.07, 6.45) is 0.964. The highest BCUT2D eigenvalue weighted by Gasteiger charge is 2.32. The number of carbonyl (C=O) groups excluding carboxylic acids is 3. The predicted molar refractivity (Wildman–Crippen MR) is 124 cm³/mol. The van der Waals surface area contributed by atoms with E-state index in [1.165, 1.54) is 0 Å². The maximum absolute atomic E-state index is 12.2. The van der Waals surface area contributed by atoms with Gasteiger partial charge in [-0.05, 0) is 59.2 Å². The molecule has 0 aliphatic carbocycles. The molecule has 0 aromatic heterocycles. The zero-order valence-electron chi connectivity index (χ0n) is 19.8. The number of esters is 1. The van der Waals surface area contributed by atoms with Gasteiger partial charge in [0.15, 0.2) is 0 Å². The quantitative estimate of drug-likeness (QED) is 0.514. The zero-order valence-corrected chi connectivity index (χ0v) is 19.8. The standard InChI is InChI=1S/C24H36N4O4/c1-16-13-27(15-22(30)32-24(3,4)5)14-17(2)28(16)20-8-6-7-19(11-20)25-12-18-9-10-21(29)26-23(18)31/h6-8,11,16-18,25H,9-10,12-15H2,1-5H3,(H,26,29,31)/t16-,17+,18-/m0/s1.